The van der Waals surface area contributed by atoms with Crippen LogP contribution < -0.4 is 0 Å². The highest BCUT2D eigenvalue weighted by Crippen LogP contribution is 2.21. The average molecular weight is 238 g/mol. The molecule has 0 amide bonds. The van der Waals surface area contributed by atoms with Gasteiger partial charge in [0.1, 0.15) is 6.26 Å². The van der Waals surface area contributed by atoms with Crippen molar-refractivity contribution in [3.63, 3.8) is 0 Å². The lowest BCUT2D eigenvalue weighted by atomic mass is 10.2. The molecule has 0 fully saturated rings. The molecule has 66 valence electrons. The summed E-state index contributed by atoms with van der Waals surface area (Å²) < 4.78 is 6.30. The first kappa shape index (κ1) is 8.51. The van der Waals surface area contributed by atoms with Crippen LogP contribution in [0.3, 0.4) is 0 Å². The first-order valence-electron chi connectivity index (χ1n) is 3.94. The van der Waals surface area contributed by atoms with Crippen molar-refractivity contribution in [1.82, 2.24) is 4.98 Å². The molecule has 0 saturated carbocycles. The molecule has 1 aromatic carbocycles. The molecule has 0 atom stereocenters. The van der Waals surface area contributed by atoms with Crippen LogP contribution in [0.5, 0.6) is 0 Å². The normalized spacial score (nSPS) is 10.3. The van der Waals surface area contributed by atoms with Crippen LogP contribution >= 0.6 is 15.9 Å². The van der Waals surface area contributed by atoms with Gasteiger partial charge >= 0.3 is 0 Å². The van der Waals surface area contributed by atoms with Crippen molar-refractivity contribution in [1.29, 1.82) is 0 Å². The van der Waals surface area contributed by atoms with E-state index in [1.807, 2.05) is 31.2 Å². The third-order valence-electron chi connectivity index (χ3n) is 1.69. The Morgan fingerprint density at radius 3 is 2.85 bits per heavy atom. The molecular formula is C10H8BrNO. The van der Waals surface area contributed by atoms with E-state index in [0.717, 1.165) is 15.7 Å². The Bertz CT molecular complexity index is 422. The zero-order chi connectivity index (χ0) is 9.26. The number of halogens is 1. The highest BCUT2D eigenvalue weighted by molar-refractivity contribution is 9.10. The Balaban J connectivity index is 2.46. The molecule has 13 heavy (non-hydrogen) atoms. The average Bonchev–Trinajstić information content (AvgIpc) is 2.52. The van der Waals surface area contributed by atoms with E-state index in [9.17, 15) is 0 Å². The molecule has 1 heterocycles. The smallest absolute Gasteiger partial charge is 0.226 e. The van der Waals surface area contributed by atoms with Crippen molar-refractivity contribution in [2.75, 3.05) is 0 Å². The van der Waals surface area contributed by atoms with Gasteiger partial charge in [-0.25, -0.2) is 4.98 Å². The monoisotopic (exact) mass is 237 g/mol. The molecule has 0 N–H and O–H groups in total. The number of rotatable bonds is 1. The van der Waals surface area contributed by atoms with Crippen molar-refractivity contribution in [2.45, 2.75) is 6.92 Å². The van der Waals surface area contributed by atoms with Crippen LogP contribution in [0.4, 0.5) is 0 Å². The molecule has 2 aromatic rings. The number of oxazole rings is 1. The molecule has 0 spiro atoms. The number of aryl methyl sites for hydroxylation is 1. The first-order chi connectivity index (χ1) is 6.25. The minimum absolute atomic E-state index is 0.666. The molecule has 0 radical (unpaired) electrons. The van der Waals surface area contributed by atoms with E-state index in [-0.39, 0.29) is 0 Å². The molecule has 3 heteroatoms. The van der Waals surface area contributed by atoms with Crippen LogP contribution in [0.1, 0.15) is 5.69 Å². The van der Waals surface area contributed by atoms with Crippen molar-refractivity contribution in [3.8, 4) is 11.5 Å². The molecule has 0 bridgehead atoms. The predicted octanol–water partition coefficient (Wildman–Crippen LogP) is 3.41. The van der Waals surface area contributed by atoms with Crippen LogP contribution in [0, 0.1) is 6.92 Å². The Morgan fingerprint density at radius 1 is 1.38 bits per heavy atom. The summed E-state index contributed by atoms with van der Waals surface area (Å²) in [5, 5.41) is 0. The molecule has 0 aliphatic carbocycles. The predicted molar refractivity (Wildman–Crippen MR) is 54.4 cm³/mol. The number of nitrogens with zero attached hydrogens (tertiary/aromatic N) is 1. The Kier molecular flexibility index (Phi) is 2.19. The number of hydrogen-bond donors (Lipinski definition) is 0. The van der Waals surface area contributed by atoms with Gasteiger partial charge in [0.2, 0.25) is 5.89 Å². The van der Waals surface area contributed by atoms with Crippen LogP contribution in [-0.2, 0) is 0 Å². The highest BCUT2D eigenvalue weighted by Gasteiger charge is 2.03. The minimum atomic E-state index is 0.666. The van der Waals surface area contributed by atoms with Gasteiger partial charge in [-0.2, -0.15) is 0 Å². The second-order valence-electron chi connectivity index (χ2n) is 2.80. The van der Waals surface area contributed by atoms with E-state index in [4.69, 9.17) is 4.42 Å². The van der Waals surface area contributed by atoms with Gasteiger partial charge in [0, 0.05) is 10.0 Å². The molecule has 2 nitrogen and oxygen atoms in total. The van der Waals surface area contributed by atoms with Gasteiger partial charge in [-0.3, -0.25) is 0 Å². The SMILES string of the molecule is Cc1coc(-c2cccc(Br)c2)n1. The van der Waals surface area contributed by atoms with Gasteiger partial charge in [0.15, 0.2) is 0 Å². The van der Waals surface area contributed by atoms with E-state index >= 15 is 0 Å². The van der Waals surface area contributed by atoms with Gasteiger partial charge in [0.25, 0.3) is 0 Å². The third kappa shape index (κ3) is 1.80. The van der Waals surface area contributed by atoms with Crippen molar-refractivity contribution in [3.05, 3.63) is 40.7 Å². The summed E-state index contributed by atoms with van der Waals surface area (Å²) in [4.78, 5) is 4.23. The second kappa shape index (κ2) is 3.34. The second-order valence-corrected chi connectivity index (χ2v) is 3.72. The summed E-state index contributed by atoms with van der Waals surface area (Å²) in [6.45, 7) is 1.91. The summed E-state index contributed by atoms with van der Waals surface area (Å²) in [7, 11) is 0. The lowest BCUT2D eigenvalue weighted by Gasteiger charge is -1.94. The number of benzene rings is 1. The number of hydrogen-bond acceptors (Lipinski definition) is 2. The summed E-state index contributed by atoms with van der Waals surface area (Å²) in [6, 6.07) is 7.87. The topological polar surface area (TPSA) is 26.0 Å². The summed E-state index contributed by atoms with van der Waals surface area (Å²) in [6.07, 6.45) is 1.65. The van der Waals surface area contributed by atoms with Crippen LogP contribution in [-0.4, -0.2) is 4.98 Å². The Hall–Kier alpha value is -1.09. The van der Waals surface area contributed by atoms with Crippen LogP contribution in [0.2, 0.25) is 0 Å². The van der Waals surface area contributed by atoms with Crippen LogP contribution in [0.25, 0.3) is 11.5 Å². The first-order valence-corrected chi connectivity index (χ1v) is 4.73. The lowest BCUT2D eigenvalue weighted by molar-refractivity contribution is 0.573. The van der Waals surface area contributed by atoms with Gasteiger partial charge < -0.3 is 4.42 Å². The maximum atomic E-state index is 5.27. The zero-order valence-corrected chi connectivity index (χ0v) is 8.71. The standard InChI is InChI=1S/C10H8BrNO/c1-7-6-13-10(12-7)8-3-2-4-9(11)5-8/h2-6H,1H3. The largest absolute Gasteiger partial charge is 0.444 e. The lowest BCUT2D eigenvalue weighted by Crippen LogP contribution is -1.77. The molecule has 0 saturated heterocycles. The quantitative estimate of drug-likeness (QED) is 0.760. The molecule has 0 aliphatic rings. The summed E-state index contributed by atoms with van der Waals surface area (Å²) in [5.74, 6) is 0.666. The fourth-order valence-corrected chi connectivity index (χ4v) is 1.51. The van der Waals surface area contributed by atoms with E-state index in [1.54, 1.807) is 6.26 Å². The molecule has 1 aromatic heterocycles. The van der Waals surface area contributed by atoms with Crippen molar-refractivity contribution < 1.29 is 4.42 Å². The Labute approximate surface area is 84.7 Å². The number of aromatic nitrogens is 1. The molecule has 2 rings (SSSR count). The molecular weight excluding hydrogens is 230 g/mol. The summed E-state index contributed by atoms with van der Waals surface area (Å²) >= 11 is 3.40. The maximum Gasteiger partial charge on any atom is 0.226 e. The summed E-state index contributed by atoms with van der Waals surface area (Å²) in [5.41, 5.74) is 1.89. The highest BCUT2D eigenvalue weighted by atomic mass is 79.9. The van der Waals surface area contributed by atoms with E-state index < -0.39 is 0 Å². The zero-order valence-electron chi connectivity index (χ0n) is 7.12. The fraction of sp³-hybridized carbons (Fsp3) is 0.100. The van der Waals surface area contributed by atoms with E-state index in [2.05, 4.69) is 20.9 Å². The minimum Gasteiger partial charge on any atom is -0.444 e. The van der Waals surface area contributed by atoms with Crippen LogP contribution in [0.15, 0.2) is 39.4 Å². The van der Waals surface area contributed by atoms with E-state index in [1.165, 1.54) is 0 Å². The van der Waals surface area contributed by atoms with Crippen molar-refractivity contribution in [2.24, 2.45) is 0 Å². The molecule has 0 unspecified atom stereocenters. The maximum absolute atomic E-state index is 5.27. The van der Waals surface area contributed by atoms with E-state index in [0.29, 0.717) is 5.89 Å². The van der Waals surface area contributed by atoms with Gasteiger partial charge in [-0.1, -0.05) is 22.0 Å². The van der Waals surface area contributed by atoms with Gasteiger partial charge in [-0.05, 0) is 25.1 Å². The molecule has 0 aliphatic heterocycles. The Morgan fingerprint density at radius 2 is 2.23 bits per heavy atom. The van der Waals surface area contributed by atoms with Gasteiger partial charge in [0.05, 0.1) is 5.69 Å². The fourth-order valence-electron chi connectivity index (χ4n) is 1.11. The third-order valence-corrected chi connectivity index (χ3v) is 2.18. The van der Waals surface area contributed by atoms with Gasteiger partial charge in [-0.15, -0.1) is 0 Å². The van der Waals surface area contributed by atoms with Crippen molar-refractivity contribution >= 4 is 15.9 Å².